The van der Waals surface area contributed by atoms with Crippen molar-refractivity contribution in [3.8, 4) is 22.6 Å². The maximum absolute atomic E-state index is 13.3. The Morgan fingerprint density at radius 2 is 1.65 bits per heavy atom. The third-order valence-electron chi connectivity index (χ3n) is 6.67. The summed E-state index contributed by atoms with van der Waals surface area (Å²) in [5.74, 6) is 1.33. The lowest BCUT2D eigenvalue weighted by atomic mass is 9.93. The summed E-state index contributed by atoms with van der Waals surface area (Å²) in [6.07, 6.45) is 1.55. The van der Waals surface area contributed by atoms with Crippen molar-refractivity contribution < 1.29 is 22.7 Å². The molecule has 1 fully saturated rings. The number of fused-ring (bicyclic) bond motifs is 1. The van der Waals surface area contributed by atoms with Crippen LogP contribution in [0.3, 0.4) is 0 Å². The van der Waals surface area contributed by atoms with Crippen molar-refractivity contribution >= 4 is 21.6 Å². The Bertz CT molecular complexity index is 1410. The number of hydrogen-bond acceptors (Lipinski definition) is 5. The molecule has 0 atom stereocenters. The topological polar surface area (TPSA) is 93.7 Å². The van der Waals surface area contributed by atoms with Crippen LogP contribution in [0, 0.1) is 13.8 Å². The Labute approximate surface area is 199 Å². The van der Waals surface area contributed by atoms with Gasteiger partial charge in [0, 0.05) is 5.69 Å². The van der Waals surface area contributed by atoms with Gasteiger partial charge in [-0.1, -0.05) is 18.2 Å². The molecule has 1 heterocycles. The normalized spacial score (nSPS) is 15.7. The van der Waals surface area contributed by atoms with Crippen LogP contribution in [0.5, 0.6) is 11.5 Å². The Balaban J connectivity index is 1.42. The summed E-state index contributed by atoms with van der Waals surface area (Å²) in [6.45, 7) is 4.08. The summed E-state index contributed by atoms with van der Waals surface area (Å²) in [6, 6.07) is 16.5. The minimum absolute atomic E-state index is 0.0478. The van der Waals surface area contributed by atoms with Crippen LogP contribution in [0.15, 0.2) is 59.5 Å². The highest BCUT2D eigenvalue weighted by Gasteiger charge is 2.51. The lowest BCUT2D eigenvalue weighted by Crippen LogP contribution is -2.27. The molecule has 8 heteroatoms. The first kappa shape index (κ1) is 22.4. The molecule has 1 aliphatic heterocycles. The number of nitrogens with one attached hydrogen (secondary N) is 2. The van der Waals surface area contributed by atoms with Crippen molar-refractivity contribution in [1.82, 2.24) is 4.72 Å². The fourth-order valence-corrected chi connectivity index (χ4v) is 5.24. The number of amides is 1. The van der Waals surface area contributed by atoms with Gasteiger partial charge in [0.05, 0.1) is 10.3 Å². The van der Waals surface area contributed by atoms with Gasteiger partial charge in [0.25, 0.3) is 0 Å². The molecule has 34 heavy (non-hydrogen) atoms. The zero-order chi connectivity index (χ0) is 24.1. The summed E-state index contributed by atoms with van der Waals surface area (Å²) in [4.78, 5) is 13.5. The molecule has 0 unspecified atom stereocenters. The van der Waals surface area contributed by atoms with Crippen LogP contribution < -0.4 is 19.5 Å². The van der Waals surface area contributed by atoms with E-state index in [0.29, 0.717) is 17.2 Å². The van der Waals surface area contributed by atoms with Gasteiger partial charge < -0.3 is 14.8 Å². The summed E-state index contributed by atoms with van der Waals surface area (Å²) in [7, 11) is -2.12. The van der Waals surface area contributed by atoms with Crippen molar-refractivity contribution in [3.05, 3.63) is 71.3 Å². The van der Waals surface area contributed by atoms with E-state index in [1.807, 2.05) is 56.3 Å². The largest absolute Gasteiger partial charge is 0.454 e. The maximum atomic E-state index is 13.3. The third-order valence-corrected chi connectivity index (χ3v) is 8.08. The van der Waals surface area contributed by atoms with Crippen molar-refractivity contribution in [1.29, 1.82) is 0 Å². The second kappa shape index (κ2) is 8.14. The second-order valence-electron chi connectivity index (χ2n) is 8.82. The van der Waals surface area contributed by atoms with Crippen molar-refractivity contribution in [2.45, 2.75) is 37.0 Å². The van der Waals surface area contributed by atoms with E-state index in [1.165, 1.54) is 7.05 Å². The van der Waals surface area contributed by atoms with Gasteiger partial charge >= 0.3 is 0 Å². The molecule has 3 aromatic rings. The van der Waals surface area contributed by atoms with E-state index in [-0.39, 0.29) is 17.6 Å². The number of rotatable bonds is 6. The monoisotopic (exact) mass is 478 g/mol. The lowest BCUT2D eigenvalue weighted by Gasteiger charge is -2.18. The highest BCUT2D eigenvalue weighted by atomic mass is 32.2. The van der Waals surface area contributed by atoms with Crippen LogP contribution >= 0.6 is 0 Å². The molecular weight excluding hydrogens is 452 g/mol. The number of hydrogen-bond donors (Lipinski definition) is 2. The lowest BCUT2D eigenvalue weighted by molar-refractivity contribution is -0.118. The molecule has 1 aliphatic carbocycles. The van der Waals surface area contributed by atoms with E-state index >= 15 is 0 Å². The molecule has 2 N–H and O–H groups in total. The maximum Gasteiger partial charge on any atom is 0.240 e. The van der Waals surface area contributed by atoms with E-state index in [4.69, 9.17) is 9.47 Å². The smallest absolute Gasteiger partial charge is 0.240 e. The predicted molar refractivity (Wildman–Crippen MR) is 130 cm³/mol. The number of anilines is 1. The van der Waals surface area contributed by atoms with Crippen LogP contribution in [-0.2, 0) is 20.2 Å². The van der Waals surface area contributed by atoms with Crippen molar-refractivity contribution in [3.63, 3.8) is 0 Å². The minimum Gasteiger partial charge on any atom is -0.454 e. The van der Waals surface area contributed by atoms with E-state index in [1.54, 1.807) is 12.1 Å². The average Bonchev–Trinajstić information content (AvgIpc) is 3.51. The first-order valence-electron chi connectivity index (χ1n) is 11.1. The minimum atomic E-state index is -3.52. The fourth-order valence-electron chi connectivity index (χ4n) is 4.43. The number of benzene rings is 3. The average molecular weight is 479 g/mol. The first-order valence-corrected chi connectivity index (χ1v) is 12.6. The van der Waals surface area contributed by atoms with E-state index in [9.17, 15) is 13.2 Å². The van der Waals surface area contributed by atoms with E-state index in [2.05, 4.69) is 10.0 Å². The van der Waals surface area contributed by atoms with Gasteiger partial charge in [-0.15, -0.1) is 0 Å². The second-order valence-corrected chi connectivity index (χ2v) is 10.7. The van der Waals surface area contributed by atoms with Crippen molar-refractivity contribution in [2.24, 2.45) is 0 Å². The summed E-state index contributed by atoms with van der Waals surface area (Å²) in [5.41, 5.74) is 4.79. The Morgan fingerprint density at radius 1 is 0.882 bits per heavy atom. The van der Waals surface area contributed by atoms with Crippen LogP contribution in [0.2, 0.25) is 0 Å². The molecule has 176 valence electrons. The summed E-state index contributed by atoms with van der Waals surface area (Å²) in [5, 5.41) is 3.10. The van der Waals surface area contributed by atoms with Gasteiger partial charge in [0.15, 0.2) is 11.5 Å². The van der Waals surface area contributed by atoms with Crippen LogP contribution in [0.25, 0.3) is 11.1 Å². The van der Waals surface area contributed by atoms with Gasteiger partial charge in [-0.3, -0.25) is 4.79 Å². The molecule has 1 amide bonds. The van der Waals surface area contributed by atoms with Crippen molar-refractivity contribution in [2.75, 3.05) is 19.2 Å². The molecule has 3 aromatic carbocycles. The Morgan fingerprint density at radius 3 is 2.35 bits per heavy atom. The number of sulfonamides is 1. The third kappa shape index (κ3) is 3.82. The number of carbonyl (C=O) groups is 1. The van der Waals surface area contributed by atoms with Gasteiger partial charge in [-0.2, -0.15) is 0 Å². The number of ether oxygens (including phenoxy) is 2. The molecule has 7 nitrogen and oxygen atoms in total. The van der Waals surface area contributed by atoms with Gasteiger partial charge in [0.2, 0.25) is 22.7 Å². The molecule has 1 saturated carbocycles. The molecule has 0 radical (unpaired) electrons. The van der Waals surface area contributed by atoms with Crippen LogP contribution in [0.1, 0.15) is 29.5 Å². The quantitative estimate of drug-likeness (QED) is 0.552. The van der Waals surface area contributed by atoms with Gasteiger partial charge in [-0.05, 0) is 98.0 Å². The molecule has 5 rings (SSSR count). The Hall–Kier alpha value is -3.36. The zero-order valence-electron chi connectivity index (χ0n) is 19.3. The van der Waals surface area contributed by atoms with Gasteiger partial charge in [-0.25, -0.2) is 13.1 Å². The molecule has 0 aromatic heterocycles. The molecule has 0 bridgehead atoms. The zero-order valence-corrected chi connectivity index (χ0v) is 20.1. The molecule has 0 spiro atoms. The highest BCUT2D eigenvalue weighted by Crippen LogP contribution is 2.51. The van der Waals surface area contributed by atoms with Crippen LogP contribution in [-0.4, -0.2) is 28.2 Å². The van der Waals surface area contributed by atoms with E-state index in [0.717, 1.165) is 40.7 Å². The first-order chi connectivity index (χ1) is 16.2. The highest BCUT2D eigenvalue weighted by molar-refractivity contribution is 7.89. The summed E-state index contributed by atoms with van der Waals surface area (Å²) < 4.78 is 37.5. The molecule has 0 saturated heterocycles. The van der Waals surface area contributed by atoms with Crippen LogP contribution in [0.4, 0.5) is 5.69 Å². The Kier molecular flexibility index (Phi) is 5.37. The summed E-state index contributed by atoms with van der Waals surface area (Å²) >= 11 is 0. The standard InChI is InChI=1S/C26H26N2O5S/c1-16-4-6-19(14-22(16)21-8-7-20(12-17(21)2)34(30,31)27-3)28-25(29)26(10-11-26)18-5-9-23-24(13-18)33-15-32-23/h4-9,12-14,27H,10-11,15H2,1-3H3,(H,28,29). The SMILES string of the molecule is CNS(=O)(=O)c1ccc(-c2cc(NC(=O)C3(c4ccc5c(c4)OCO5)CC3)ccc2C)c(C)c1. The fraction of sp³-hybridized carbons (Fsp3) is 0.269. The number of aryl methyl sites for hydroxylation is 2. The predicted octanol–water partition coefficient (Wildman–Crippen LogP) is 4.28. The van der Waals surface area contributed by atoms with E-state index < -0.39 is 15.4 Å². The molecular formula is C26H26N2O5S. The van der Waals surface area contributed by atoms with Gasteiger partial charge in [0.1, 0.15) is 0 Å². The number of carbonyl (C=O) groups excluding carboxylic acids is 1. The molecule has 2 aliphatic rings.